The van der Waals surface area contributed by atoms with Crippen LogP contribution in [0, 0.1) is 0 Å². The fourth-order valence-corrected chi connectivity index (χ4v) is 2.99. The van der Waals surface area contributed by atoms with Gasteiger partial charge in [0.1, 0.15) is 6.04 Å². The molecule has 0 saturated carbocycles. The van der Waals surface area contributed by atoms with Crippen molar-refractivity contribution >= 4 is 11.8 Å². The minimum atomic E-state index is -0.293. The zero-order valence-electron chi connectivity index (χ0n) is 14.5. The van der Waals surface area contributed by atoms with Crippen molar-refractivity contribution in [3.05, 3.63) is 35.9 Å². The van der Waals surface area contributed by atoms with E-state index in [0.717, 1.165) is 13.0 Å². The smallest absolute Gasteiger partial charge is 0.238 e. The van der Waals surface area contributed by atoms with Gasteiger partial charge in [-0.25, -0.2) is 0 Å². The lowest BCUT2D eigenvalue weighted by molar-refractivity contribution is -0.138. The molecular weight excluding hydrogens is 306 g/mol. The lowest BCUT2D eigenvalue weighted by atomic mass is 10.1. The molecule has 1 atom stereocenters. The predicted octanol–water partition coefficient (Wildman–Crippen LogP) is 0.524. The van der Waals surface area contributed by atoms with Gasteiger partial charge < -0.3 is 15.0 Å². The van der Waals surface area contributed by atoms with Crippen LogP contribution in [0.2, 0.25) is 0 Å². The molecule has 0 spiro atoms. The van der Waals surface area contributed by atoms with Crippen molar-refractivity contribution in [1.29, 1.82) is 0 Å². The minimum Gasteiger partial charge on any atom is -0.384 e. The maximum Gasteiger partial charge on any atom is 0.238 e. The Bertz CT molecular complexity index is 536. The highest BCUT2D eigenvalue weighted by molar-refractivity contribution is 5.83. The van der Waals surface area contributed by atoms with Crippen LogP contribution in [-0.2, 0) is 20.7 Å². The van der Waals surface area contributed by atoms with Gasteiger partial charge >= 0.3 is 0 Å². The second kappa shape index (κ2) is 9.39. The third-order valence-electron chi connectivity index (χ3n) is 4.44. The summed E-state index contributed by atoms with van der Waals surface area (Å²) >= 11 is 0. The molecule has 1 heterocycles. The van der Waals surface area contributed by atoms with Crippen LogP contribution in [0.25, 0.3) is 0 Å². The molecule has 0 aromatic heterocycles. The Labute approximate surface area is 143 Å². The van der Waals surface area contributed by atoms with Crippen molar-refractivity contribution in [2.24, 2.45) is 0 Å². The second-order valence-corrected chi connectivity index (χ2v) is 5.98. The van der Waals surface area contributed by atoms with Crippen LogP contribution in [0.15, 0.2) is 30.3 Å². The molecule has 1 fully saturated rings. The number of hydrogen-bond donors (Lipinski definition) is 1. The standard InChI is InChI=1S/C18H27N3O3/c1-19-18(23)16-14-21(17(22)9-13-24-2)12-11-20(16)10-8-15-6-4-3-5-7-15/h3-7,16H,8-14H2,1-2H3,(H,19,23). The minimum absolute atomic E-state index is 0.0349. The first-order valence-electron chi connectivity index (χ1n) is 8.42. The van der Waals surface area contributed by atoms with E-state index in [1.807, 2.05) is 18.2 Å². The fraction of sp³-hybridized carbons (Fsp3) is 0.556. The van der Waals surface area contributed by atoms with E-state index in [4.69, 9.17) is 4.74 Å². The fourth-order valence-electron chi connectivity index (χ4n) is 2.99. The molecule has 1 unspecified atom stereocenters. The molecule has 0 aliphatic carbocycles. The van der Waals surface area contributed by atoms with Gasteiger partial charge in [-0.2, -0.15) is 0 Å². The zero-order valence-corrected chi connectivity index (χ0v) is 14.5. The summed E-state index contributed by atoms with van der Waals surface area (Å²) in [6.07, 6.45) is 1.26. The van der Waals surface area contributed by atoms with Crippen molar-refractivity contribution in [2.45, 2.75) is 18.9 Å². The van der Waals surface area contributed by atoms with Crippen molar-refractivity contribution in [3.8, 4) is 0 Å². The number of hydrogen-bond acceptors (Lipinski definition) is 4. The van der Waals surface area contributed by atoms with Gasteiger partial charge in [-0.05, 0) is 12.0 Å². The molecule has 132 valence electrons. The van der Waals surface area contributed by atoms with Crippen LogP contribution in [0.3, 0.4) is 0 Å². The molecule has 1 aliphatic rings. The van der Waals surface area contributed by atoms with Gasteiger partial charge in [-0.15, -0.1) is 0 Å². The number of likely N-dealkylation sites (N-methyl/N-ethyl adjacent to an activating group) is 1. The Hall–Kier alpha value is -1.92. The number of benzene rings is 1. The van der Waals surface area contributed by atoms with E-state index in [0.29, 0.717) is 32.7 Å². The number of nitrogens with zero attached hydrogens (tertiary/aromatic N) is 2. The van der Waals surface area contributed by atoms with Crippen LogP contribution in [-0.4, -0.2) is 74.6 Å². The van der Waals surface area contributed by atoms with Crippen LogP contribution in [0.4, 0.5) is 0 Å². The highest BCUT2D eigenvalue weighted by atomic mass is 16.5. The molecule has 1 aromatic rings. The number of rotatable bonds is 7. The SMILES string of the molecule is CNC(=O)C1CN(C(=O)CCOC)CCN1CCc1ccccc1. The Morgan fingerprint density at radius 2 is 2.00 bits per heavy atom. The van der Waals surface area contributed by atoms with Gasteiger partial charge in [0.15, 0.2) is 0 Å². The molecule has 2 amide bonds. The van der Waals surface area contributed by atoms with Crippen LogP contribution >= 0.6 is 0 Å². The number of piperazine rings is 1. The third-order valence-corrected chi connectivity index (χ3v) is 4.44. The van der Waals surface area contributed by atoms with Crippen molar-refractivity contribution in [3.63, 3.8) is 0 Å². The maximum atomic E-state index is 12.3. The van der Waals surface area contributed by atoms with Gasteiger partial charge in [0.2, 0.25) is 11.8 Å². The molecule has 1 N–H and O–H groups in total. The number of carbonyl (C=O) groups is 2. The maximum absolute atomic E-state index is 12.3. The van der Waals surface area contributed by atoms with Gasteiger partial charge in [0, 0.05) is 40.3 Å². The predicted molar refractivity (Wildman–Crippen MR) is 92.6 cm³/mol. The van der Waals surface area contributed by atoms with E-state index < -0.39 is 0 Å². The molecule has 1 aliphatic heterocycles. The van der Waals surface area contributed by atoms with E-state index in [-0.39, 0.29) is 17.9 Å². The molecule has 6 nitrogen and oxygen atoms in total. The Balaban J connectivity index is 1.96. The molecule has 0 bridgehead atoms. The number of carbonyl (C=O) groups excluding carboxylic acids is 2. The molecule has 0 radical (unpaired) electrons. The van der Waals surface area contributed by atoms with E-state index in [1.54, 1.807) is 19.1 Å². The van der Waals surface area contributed by atoms with Gasteiger partial charge in [0.25, 0.3) is 0 Å². The van der Waals surface area contributed by atoms with E-state index >= 15 is 0 Å². The summed E-state index contributed by atoms with van der Waals surface area (Å²) < 4.78 is 4.97. The van der Waals surface area contributed by atoms with E-state index in [9.17, 15) is 9.59 Å². The Kier molecular flexibility index (Phi) is 7.21. The first kappa shape index (κ1) is 18.4. The van der Waals surface area contributed by atoms with Crippen molar-refractivity contribution in [2.75, 3.05) is 46.9 Å². The highest BCUT2D eigenvalue weighted by Gasteiger charge is 2.33. The molecule has 6 heteroatoms. The normalized spacial score (nSPS) is 18.4. The Morgan fingerprint density at radius 3 is 2.67 bits per heavy atom. The van der Waals surface area contributed by atoms with Crippen molar-refractivity contribution in [1.82, 2.24) is 15.1 Å². The van der Waals surface area contributed by atoms with E-state index in [2.05, 4.69) is 22.3 Å². The second-order valence-electron chi connectivity index (χ2n) is 5.98. The topological polar surface area (TPSA) is 61.9 Å². The molecule has 1 aromatic carbocycles. The quantitative estimate of drug-likeness (QED) is 0.790. The summed E-state index contributed by atoms with van der Waals surface area (Å²) in [5, 5.41) is 2.72. The summed E-state index contributed by atoms with van der Waals surface area (Å²) in [6, 6.07) is 9.95. The summed E-state index contributed by atoms with van der Waals surface area (Å²) in [4.78, 5) is 28.4. The highest BCUT2D eigenvalue weighted by Crippen LogP contribution is 2.13. The average Bonchev–Trinajstić information content (AvgIpc) is 2.64. The average molecular weight is 333 g/mol. The van der Waals surface area contributed by atoms with Crippen LogP contribution in [0.1, 0.15) is 12.0 Å². The van der Waals surface area contributed by atoms with E-state index in [1.165, 1.54) is 5.56 Å². The summed E-state index contributed by atoms with van der Waals surface area (Å²) in [7, 11) is 3.23. The summed E-state index contributed by atoms with van der Waals surface area (Å²) in [6.45, 7) is 3.03. The number of amides is 2. The van der Waals surface area contributed by atoms with Crippen LogP contribution < -0.4 is 5.32 Å². The first-order chi connectivity index (χ1) is 11.7. The monoisotopic (exact) mass is 333 g/mol. The Morgan fingerprint density at radius 1 is 1.25 bits per heavy atom. The molecular formula is C18H27N3O3. The molecule has 2 rings (SSSR count). The lowest BCUT2D eigenvalue weighted by Crippen LogP contribution is -2.60. The summed E-state index contributed by atoms with van der Waals surface area (Å²) in [5.41, 5.74) is 1.26. The zero-order chi connectivity index (χ0) is 17.4. The van der Waals surface area contributed by atoms with Gasteiger partial charge in [0.05, 0.1) is 13.0 Å². The number of ether oxygens (including phenoxy) is 1. The molecule has 1 saturated heterocycles. The first-order valence-corrected chi connectivity index (χ1v) is 8.42. The third kappa shape index (κ3) is 5.04. The lowest BCUT2D eigenvalue weighted by Gasteiger charge is -2.40. The van der Waals surface area contributed by atoms with Gasteiger partial charge in [-0.3, -0.25) is 14.5 Å². The van der Waals surface area contributed by atoms with Crippen LogP contribution in [0.5, 0.6) is 0 Å². The van der Waals surface area contributed by atoms with Gasteiger partial charge in [-0.1, -0.05) is 30.3 Å². The number of methoxy groups -OCH3 is 1. The number of nitrogens with one attached hydrogen (secondary N) is 1. The molecule has 24 heavy (non-hydrogen) atoms. The van der Waals surface area contributed by atoms with Crippen molar-refractivity contribution < 1.29 is 14.3 Å². The largest absolute Gasteiger partial charge is 0.384 e. The summed E-state index contributed by atoms with van der Waals surface area (Å²) in [5.74, 6) is 0.0146.